The van der Waals surface area contributed by atoms with Gasteiger partial charge in [0.15, 0.2) is 11.5 Å². The number of ether oxygens (including phenoxy) is 2. The molecule has 1 aliphatic rings. The summed E-state index contributed by atoms with van der Waals surface area (Å²) in [6.07, 6.45) is 0. The fourth-order valence-electron chi connectivity index (χ4n) is 1.51. The molecule has 1 aromatic carbocycles. The van der Waals surface area contributed by atoms with Crippen LogP contribution in [0.4, 0.5) is 5.69 Å². The van der Waals surface area contributed by atoms with Crippen molar-refractivity contribution >= 4 is 11.6 Å². The lowest BCUT2D eigenvalue weighted by atomic mass is 9.94. The molecule has 0 radical (unpaired) electrons. The Balaban J connectivity index is 2.26. The smallest absolute Gasteiger partial charge is 0.244 e. The maximum Gasteiger partial charge on any atom is 0.244 e. The standard InChI is InChI=1S/C13H14N2O3/c1-8-4-10-11(18-7-17-10)5-9(8)15-12(16)13(2,3)6-14/h4-5H,7H2,1-3H3,(H,15,16). The van der Waals surface area contributed by atoms with Crippen molar-refractivity contribution in [2.24, 2.45) is 5.41 Å². The fraction of sp³-hybridized carbons (Fsp3) is 0.385. The first-order valence-corrected chi connectivity index (χ1v) is 5.57. The van der Waals surface area contributed by atoms with Gasteiger partial charge in [-0.3, -0.25) is 4.79 Å². The van der Waals surface area contributed by atoms with Crippen molar-refractivity contribution in [1.29, 1.82) is 5.26 Å². The van der Waals surface area contributed by atoms with Crippen LogP contribution in [-0.4, -0.2) is 12.7 Å². The lowest BCUT2D eigenvalue weighted by Crippen LogP contribution is -2.29. The topological polar surface area (TPSA) is 71.4 Å². The Morgan fingerprint density at radius 1 is 1.39 bits per heavy atom. The van der Waals surface area contributed by atoms with Gasteiger partial charge in [0.2, 0.25) is 12.7 Å². The highest BCUT2D eigenvalue weighted by Crippen LogP contribution is 2.37. The van der Waals surface area contributed by atoms with Gasteiger partial charge in [0.05, 0.1) is 6.07 Å². The summed E-state index contributed by atoms with van der Waals surface area (Å²) >= 11 is 0. The van der Waals surface area contributed by atoms with Gasteiger partial charge in [0, 0.05) is 11.8 Å². The van der Waals surface area contributed by atoms with Gasteiger partial charge >= 0.3 is 0 Å². The normalized spacial score (nSPS) is 13.0. The minimum atomic E-state index is -1.07. The molecule has 0 spiro atoms. The summed E-state index contributed by atoms with van der Waals surface area (Å²) in [6, 6.07) is 5.48. The number of rotatable bonds is 2. The summed E-state index contributed by atoms with van der Waals surface area (Å²) in [7, 11) is 0. The number of nitrogens with zero attached hydrogens (tertiary/aromatic N) is 1. The molecule has 5 heteroatoms. The van der Waals surface area contributed by atoms with Gasteiger partial charge in [-0.2, -0.15) is 5.26 Å². The Morgan fingerprint density at radius 2 is 2.00 bits per heavy atom. The van der Waals surface area contributed by atoms with E-state index in [1.807, 2.05) is 13.0 Å². The average molecular weight is 246 g/mol. The third-order valence-corrected chi connectivity index (χ3v) is 2.81. The van der Waals surface area contributed by atoms with E-state index in [-0.39, 0.29) is 12.7 Å². The van der Waals surface area contributed by atoms with E-state index in [4.69, 9.17) is 14.7 Å². The van der Waals surface area contributed by atoms with Crippen LogP contribution in [0.2, 0.25) is 0 Å². The van der Waals surface area contributed by atoms with Crippen LogP contribution in [0.5, 0.6) is 11.5 Å². The predicted octanol–water partition coefficient (Wildman–Crippen LogP) is 2.21. The van der Waals surface area contributed by atoms with Crippen molar-refractivity contribution in [3.05, 3.63) is 17.7 Å². The van der Waals surface area contributed by atoms with Crippen LogP contribution in [0.3, 0.4) is 0 Å². The maximum absolute atomic E-state index is 11.9. The molecule has 0 atom stereocenters. The number of anilines is 1. The lowest BCUT2D eigenvalue weighted by Gasteiger charge is -2.16. The van der Waals surface area contributed by atoms with E-state index in [9.17, 15) is 4.79 Å². The summed E-state index contributed by atoms with van der Waals surface area (Å²) < 4.78 is 10.5. The first-order valence-electron chi connectivity index (χ1n) is 5.57. The maximum atomic E-state index is 11.9. The SMILES string of the molecule is Cc1cc2c(cc1NC(=O)C(C)(C)C#N)OCO2. The summed E-state index contributed by atoms with van der Waals surface area (Å²) in [5, 5.41) is 11.6. The predicted molar refractivity (Wildman–Crippen MR) is 65.3 cm³/mol. The van der Waals surface area contributed by atoms with Crippen molar-refractivity contribution in [3.8, 4) is 17.6 Å². The van der Waals surface area contributed by atoms with Crippen LogP contribution in [0, 0.1) is 23.7 Å². The van der Waals surface area contributed by atoms with Crippen LogP contribution in [0.15, 0.2) is 12.1 Å². The molecule has 0 aliphatic carbocycles. The fourth-order valence-corrected chi connectivity index (χ4v) is 1.51. The Labute approximate surface area is 105 Å². The van der Waals surface area contributed by atoms with Crippen molar-refractivity contribution in [3.63, 3.8) is 0 Å². The van der Waals surface area contributed by atoms with Gasteiger partial charge < -0.3 is 14.8 Å². The number of hydrogen-bond donors (Lipinski definition) is 1. The molecule has 0 unspecified atom stereocenters. The molecular weight excluding hydrogens is 232 g/mol. The number of fused-ring (bicyclic) bond motifs is 1. The molecule has 1 heterocycles. The number of nitrogens with one attached hydrogen (secondary N) is 1. The third kappa shape index (κ3) is 2.09. The van der Waals surface area contributed by atoms with Gasteiger partial charge in [0.25, 0.3) is 0 Å². The number of amides is 1. The van der Waals surface area contributed by atoms with Crippen LogP contribution in [0.25, 0.3) is 0 Å². The summed E-state index contributed by atoms with van der Waals surface area (Å²) in [6.45, 7) is 5.20. The molecule has 5 nitrogen and oxygen atoms in total. The van der Waals surface area contributed by atoms with E-state index in [0.717, 1.165) is 5.56 Å². The molecule has 1 aromatic rings. The molecule has 2 rings (SSSR count). The summed E-state index contributed by atoms with van der Waals surface area (Å²) in [4.78, 5) is 11.9. The average Bonchev–Trinajstić information content (AvgIpc) is 2.76. The molecule has 1 amide bonds. The van der Waals surface area contributed by atoms with Crippen LogP contribution >= 0.6 is 0 Å². The molecule has 0 bridgehead atoms. The molecule has 18 heavy (non-hydrogen) atoms. The lowest BCUT2D eigenvalue weighted by molar-refractivity contribution is -0.121. The second-order valence-corrected chi connectivity index (χ2v) is 4.71. The van der Waals surface area contributed by atoms with Crippen molar-refractivity contribution < 1.29 is 14.3 Å². The van der Waals surface area contributed by atoms with Crippen molar-refractivity contribution in [2.75, 3.05) is 12.1 Å². The second-order valence-electron chi connectivity index (χ2n) is 4.71. The van der Waals surface area contributed by atoms with Crippen LogP contribution < -0.4 is 14.8 Å². The Bertz CT molecular complexity index is 544. The van der Waals surface area contributed by atoms with E-state index in [0.29, 0.717) is 17.2 Å². The highest BCUT2D eigenvalue weighted by atomic mass is 16.7. The van der Waals surface area contributed by atoms with E-state index >= 15 is 0 Å². The molecule has 0 saturated heterocycles. The van der Waals surface area contributed by atoms with Crippen LogP contribution in [0.1, 0.15) is 19.4 Å². The van der Waals surface area contributed by atoms with E-state index in [1.165, 1.54) is 0 Å². The van der Waals surface area contributed by atoms with E-state index < -0.39 is 5.41 Å². The number of nitriles is 1. The molecule has 0 saturated carbocycles. The van der Waals surface area contributed by atoms with Gasteiger partial charge in [0.1, 0.15) is 5.41 Å². The number of carbonyl (C=O) groups excluding carboxylic acids is 1. The molecule has 1 N–H and O–H groups in total. The summed E-state index contributed by atoms with van der Waals surface area (Å²) in [5.41, 5.74) is 0.428. The Morgan fingerprint density at radius 3 is 2.61 bits per heavy atom. The van der Waals surface area contributed by atoms with Gasteiger partial charge in [-0.25, -0.2) is 0 Å². The first-order chi connectivity index (χ1) is 8.44. The van der Waals surface area contributed by atoms with Crippen molar-refractivity contribution in [1.82, 2.24) is 0 Å². The summed E-state index contributed by atoms with van der Waals surface area (Å²) in [5.74, 6) is 0.933. The minimum Gasteiger partial charge on any atom is -0.454 e. The van der Waals surface area contributed by atoms with Gasteiger partial charge in [-0.15, -0.1) is 0 Å². The number of hydrogen-bond acceptors (Lipinski definition) is 4. The minimum absolute atomic E-state index is 0.190. The largest absolute Gasteiger partial charge is 0.454 e. The van der Waals surface area contributed by atoms with E-state index in [2.05, 4.69) is 5.32 Å². The van der Waals surface area contributed by atoms with Gasteiger partial charge in [-0.05, 0) is 32.4 Å². The Hall–Kier alpha value is -2.22. The highest BCUT2D eigenvalue weighted by Gasteiger charge is 2.28. The zero-order valence-corrected chi connectivity index (χ0v) is 10.5. The first kappa shape index (κ1) is 12.2. The zero-order valence-electron chi connectivity index (χ0n) is 10.5. The number of benzene rings is 1. The number of carbonyl (C=O) groups is 1. The van der Waals surface area contributed by atoms with E-state index in [1.54, 1.807) is 26.0 Å². The molecule has 0 fully saturated rings. The Kier molecular flexibility index (Phi) is 2.87. The second kappa shape index (κ2) is 4.22. The molecule has 94 valence electrons. The quantitative estimate of drug-likeness (QED) is 0.868. The molecule has 1 aliphatic heterocycles. The van der Waals surface area contributed by atoms with Gasteiger partial charge in [-0.1, -0.05) is 0 Å². The molecule has 0 aromatic heterocycles. The highest BCUT2D eigenvalue weighted by molar-refractivity contribution is 5.97. The zero-order chi connectivity index (χ0) is 13.3. The monoisotopic (exact) mass is 246 g/mol. The van der Waals surface area contributed by atoms with Crippen molar-refractivity contribution in [2.45, 2.75) is 20.8 Å². The van der Waals surface area contributed by atoms with Crippen LogP contribution in [-0.2, 0) is 4.79 Å². The number of aryl methyl sites for hydroxylation is 1. The molecular formula is C13H14N2O3. The third-order valence-electron chi connectivity index (χ3n) is 2.81.